The van der Waals surface area contributed by atoms with E-state index < -0.39 is 9.84 Å². The van der Waals surface area contributed by atoms with Crippen LogP contribution in [0.5, 0.6) is 0 Å². The molecule has 0 spiro atoms. The summed E-state index contributed by atoms with van der Waals surface area (Å²) in [7, 11) is -3.11. The van der Waals surface area contributed by atoms with E-state index in [1.54, 1.807) is 23.3 Å². The second-order valence-corrected chi connectivity index (χ2v) is 12.2. The van der Waals surface area contributed by atoms with Gasteiger partial charge in [-0.05, 0) is 37.6 Å². The molecule has 1 atom stereocenters. The first-order valence-electron chi connectivity index (χ1n) is 11.1. The molecular formula is C24H23N3O5S3. The van der Waals surface area contributed by atoms with Crippen molar-refractivity contribution in [3.8, 4) is 17.0 Å². The molecule has 0 bridgehead atoms. The van der Waals surface area contributed by atoms with Gasteiger partial charge >= 0.3 is 0 Å². The van der Waals surface area contributed by atoms with Gasteiger partial charge in [0.1, 0.15) is 10.6 Å². The number of carbonyl (C=O) groups is 1. The Morgan fingerprint density at radius 1 is 1.26 bits per heavy atom. The summed E-state index contributed by atoms with van der Waals surface area (Å²) in [6.45, 7) is 2.27. The molecule has 0 radical (unpaired) electrons. The molecule has 3 aromatic heterocycles. The highest BCUT2D eigenvalue weighted by atomic mass is 32.2. The SMILES string of the molecule is CCN(C(=O)CSc1nc2scc(-c3ccco3)c2c(=O)n1-c1ccccc1)[C@@H]1CCS(=O)(=O)C1. The lowest BCUT2D eigenvalue weighted by atomic mass is 10.2. The predicted octanol–water partition coefficient (Wildman–Crippen LogP) is 3.83. The number of carbonyl (C=O) groups excluding carboxylic acids is 1. The van der Waals surface area contributed by atoms with Crippen LogP contribution in [0.4, 0.5) is 0 Å². The summed E-state index contributed by atoms with van der Waals surface area (Å²) in [4.78, 5) is 33.8. The van der Waals surface area contributed by atoms with Crippen molar-refractivity contribution in [3.63, 3.8) is 0 Å². The van der Waals surface area contributed by atoms with Gasteiger partial charge in [0, 0.05) is 23.5 Å². The van der Waals surface area contributed by atoms with Crippen LogP contribution in [-0.4, -0.2) is 58.6 Å². The Balaban J connectivity index is 1.51. The van der Waals surface area contributed by atoms with Gasteiger partial charge in [-0.25, -0.2) is 13.4 Å². The van der Waals surface area contributed by atoms with E-state index in [9.17, 15) is 18.0 Å². The van der Waals surface area contributed by atoms with Crippen LogP contribution in [0.1, 0.15) is 13.3 Å². The molecule has 1 saturated heterocycles. The van der Waals surface area contributed by atoms with E-state index in [1.807, 2.05) is 42.6 Å². The average Bonchev–Trinajstić information content (AvgIpc) is 3.59. The number of hydrogen-bond donors (Lipinski definition) is 0. The molecule has 1 aliphatic heterocycles. The lowest BCUT2D eigenvalue weighted by Crippen LogP contribution is -2.42. The van der Waals surface area contributed by atoms with Gasteiger partial charge in [-0.15, -0.1) is 11.3 Å². The van der Waals surface area contributed by atoms with Crippen molar-refractivity contribution >= 4 is 49.1 Å². The van der Waals surface area contributed by atoms with E-state index in [2.05, 4.69) is 0 Å². The highest BCUT2D eigenvalue weighted by Crippen LogP contribution is 2.33. The van der Waals surface area contributed by atoms with Crippen LogP contribution < -0.4 is 5.56 Å². The van der Waals surface area contributed by atoms with E-state index in [0.29, 0.717) is 45.3 Å². The number of aromatic nitrogens is 2. The number of thioether (sulfide) groups is 1. The van der Waals surface area contributed by atoms with Gasteiger partial charge < -0.3 is 9.32 Å². The first kappa shape index (κ1) is 23.8. The molecule has 0 N–H and O–H groups in total. The van der Waals surface area contributed by atoms with Crippen LogP contribution in [0.25, 0.3) is 27.2 Å². The standard InChI is InChI=1S/C24H23N3O5S3/c1-2-26(17-10-12-35(30,31)15-17)20(28)14-34-24-25-22-21(18(13-33-22)19-9-6-11-32-19)23(29)27(24)16-7-4-3-5-8-16/h3-9,11,13,17H,2,10,12,14-15H2,1H3/t17-/m1/s1. The van der Waals surface area contributed by atoms with Crippen LogP contribution in [0.3, 0.4) is 0 Å². The van der Waals surface area contributed by atoms with E-state index in [4.69, 9.17) is 9.40 Å². The third-order valence-electron chi connectivity index (χ3n) is 6.01. The Labute approximate surface area is 210 Å². The number of nitrogens with zero attached hydrogens (tertiary/aromatic N) is 3. The van der Waals surface area contributed by atoms with Gasteiger partial charge in [0.05, 0.1) is 34.6 Å². The fourth-order valence-corrected chi connectivity index (χ4v) is 7.95. The zero-order chi connectivity index (χ0) is 24.6. The van der Waals surface area contributed by atoms with E-state index in [1.165, 1.54) is 27.7 Å². The van der Waals surface area contributed by atoms with Gasteiger partial charge in [0.15, 0.2) is 15.0 Å². The summed E-state index contributed by atoms with van der Waals surface area (Å²) >= 11 is 2.53. The lowest BCUT2D eigenvalue weighted by molar-refractivity contribution is -0.129. The quantitative estimate of drug-likeness (QED) is 0.265. The number of thiophene rings is 1. The molecule has 4 heterocycles. The molecule has 182 valence electrons. The van der Waals surface area contributed by atoms with E-state index in [0.717, 1.165) is 0 Å². The van der Waals surface area contributed by atoms with Crippen LogP contribution in [0, 0.1) is 0 Å². The van der Waals surface area contributed by atoms with Gasteiger partial charge in [-0.3, -0.25) is 14.2 Å². The Kier molecular flexibility index (Phi) is 6.56. The van der Waals surface area contributed by atoms with Gasteiger partial charge in [-0.2, -0.15) is 0 Å². The maximum atomic E-state index is 13.8. The first-order chi connectivity index (χ1) is 16.9. The second kappa shape index (κ2) is 9.63. The third kappa shape index (κ3) is 4.67. The summed E-state index contributed by atoms with van der Waals surface area (Å²) in [6, 6.07) is 12.5. The van der Waals surface area contributed by atoms with Crippen molar-refractivity contribution in [2.45, 2.75) is 24.5 Å². The number of para-hydroxylation sites is 1. The summed E-state index contributed by atoms with van der Waals surface area (Å²) in [5.74, 6) is 0.579. The average molecular weight is 530 g/mol. The zero-order valence-electron chi connectivity index (χ0n) is 18.9. The largest absolute Gasteiger partial charge is 0.464 e. The number of rotatable bonds is 7. The minimum absolute atomic E-state index is 0.000923. The van der Waals surface area contributed by atoms with Crippen LogP contribution in [-0.2, 0) is 14.6 Å². The van der Waals surface area contributed by atoms with Crippen LogP contribution in [0.2, 0.25) is 0 Å². The van der Waals surface area contributed by atoms with Crippen molar-refractivity contribution in [1.29, 1.82) is 0 Å². The fourth-order valence-electron chi connectivity index (χ4n) is 4.36. The van der Waals surface area contributed by atoms with Crippen molar-refractivity contribution in [1.82, 2.24) is 14.5 Å². The molecule has 11 heteroatoms. The van der Waals surface area contributed by atoms with Gasteiger partial charge in [0.25, 0.3) is 5.56 Å². The number of benzene rings is 1. The van der Waals surface area contributed by atoms with E-state index in [-0.39, 0.29) is 34.8 Å². The lowest BCUT2D eigenvalue weighted by Gasteiger charge is -2.26. The molecule has 1 aromatic carbocycles. The summed E-state index contributed by atoms with van der Waals surface area (Å²) in [5, 5.41) is 2.73. The minimum atomic E-state index is -3.11. The highest BCUT2D eigenvalue weighted by molar-refractivity contribution is 7.99. The molecule has 0 unspecified atom stereocenters. The number of hydrogen-bond acceptors (Lipinski definition) is 8. The van der Waals surface area contributed by atoms with Crippen LogP contribution in [0.15, 0.2) is 68.5 Å². The molecule has 4 aromatic rings. The first-order valence-corrected chi connectivity index (χ1v) is 14.8. The highest BCUT2D eigenvalue weighted by Gasteiger charge is 2.34. The predicted molar refractivity (Wildman–Crippen MR) is 138 cm³/mol. The molecule has 5 rings (SSSR count). The maximum Gasteiger partial charge on any atom is 0.268 e. The van der Waals surface area contributed by atoms with Crippen molar-refractivity contribution in [3.05, 3.63) is 64.5 Å². The molecule has 8 nitrogen and oxygen atoms in total. The summed E-state index contributed by atoms with van der Waals surface area (Å²) in [6.07, 6.45) is 2.02. The monoisotopic (exact) mass is 529 g/mol. The zero-order valence-corrected chi connectivity index (χ0v) is 21.4. The van der Waals surface area contributed by atoms with Crippen molar-refractivity contribution in [2.75, 3.05) is 23.8 Å². The molecule has 35 heavy (non-hydrogen) atoms. The third-order valence-corrected chi connectivity index (χ3v) is 9.56. The Bertz CT molecular complexity index is 1530. The van der Waals surface area contributed by atoms with Crippen molar-refractivity contribution < 1.29 is 17.6 Å². The molecule has 1 aliphatic rings. The molecule has 0 saturated carbocycles. The maximum absolute atomic E-state index is 13.8. The van der Waals surface area contributed by atoms with Gasteiger partial charge in [-0.1, -0.05) is 30.0 Å². The summed E-state index contributed by atoms with van der Waals surface area (Å²) in [5.41, 5.74) is 1.09. The molecule has 1 amide bonds. The Hall–Kier alpha value is -2.89. The summed E-state index contributed by atoms with van der Waals surface area (Å²) < 4.78 is 30.9. The number of furan rings is 1. The Morgan fingerprint density at radius 3 is 2.71 bits per heavy atom. The smallest absolute Gasteiger partial charge is 0.268 e. The number of fused-ring (bicyclic) bond motifs is 1. The fraction of sp³-hybridized carbons (Fsp3) is 0.292. The van der Waals surface area contributed by atoms with Crippen molar-refractivity contribution in [2.24, 2.45) is 0 Å². The number of amides is 1. The Morgan fingerprint density at radius 2 is 2.06 bits per heavy atom. The number of sulfone groups is 1. The molecule has 0 aliphatic carbocycles. The second-order valence-electron chi connectivity index (χ2n) is 8.20. The molecule has 1 fully saturated rings. The normalized spacial score (nSPS) is 17.1. The minimum Gasteiger partial charge on any atom is -0.464 e. The van der Waals surface area contributed by atoms with E-state index >= 15 is 0 Å². The van der Waals surface area contributed by atoms with Crippen LogP contribution >= 0.6 is 23.1 Å². The molecular weight excluding hydrogens is 506 g/mol. The van der Waals surface area contributed by atoms with Gasteiger partial charge in [0.2, 0.25) is 5.91 Å². The topological polar surface area (TPSA) is 102 Å².